The van der Waals surface area contributed by atoms with E-state index in [1.807, 2.05) is 10.3 Å². The molecule has 1 N–H and O–H groups in total. The predicted molar refractivity (Wildman–Crippen MR) is 131 cm³/mol. The molecule has 0 bridgehead atoms. The highest BCUT2D eigenvalue weighted by Crippen LogP contribution is 2.46. The van der Waals surface area contributed by atoms with Crippen molar-refractivity contribution in [3.63, 3.8) is 0 Å². The summed E-state index contributed by atoms with van der Waals surface area (Å²) in [6.07, 6.45) is 5.14. The summed E-state index contributed by atoms with van der Waals surface area (Å²) < 4.78 is 48.1. The first-order chi connectivity index (χ1) is 16.8. The van der Waals surface area contributed by atoms with Crippen LogP contribution in [0.15, 0.2) is 51.1 Å². The first-order valence-corrected chi connectivity index (χ1v) is 14.0. The van der Waals surface area contributed by atoms with Crippen molar-refractivity contribution in [2.24, 2.45) is 4.99 Å². The number of aliphatic imine (C=N–C) groups is 1. The van der Waals surface area contributed by atoms with Crippen LogP contribution in [0.25, 0.3) is 5.57 Å². The molecule has 2 aromatic heterocycles. The molecule has 2 fully saturated rings. The lowest BCUT2D eigenvalue weighted by Crippen LogP contribution is -2.40. The second-order valence-corrected chi connectivity index (χ2v) is 12.1. The molecule has 2 atom stereocenters. The minimum Gasteiger partial charge on any atom is -0.441 e. The van der Waals surface area contributed by atoms with E-state index in [4.69, 9.17) is 21.0 Å². The van der Waals surface area contributed by atoms with Crippen molar-refractivity contribution >= 4 is 44.4 Å². The third-order valence-corrected chi connectivity index (χ3v) is 9.43. The summed E-state index contributed by atoms with van der Waals surface area (Å²) in [6, 6.07) is 3.27. The summed E-state index contributed by atoms with van der Waals surface area (Å²) in [5, 5.41) is 2.48. The lowest BCUT2D eigenvalue weighted by molar-refractivity contribution is 0.492. The van der Waals surface area contributed by atoms with Crippen molar-refractivity contribution < 1.29 is 17.2 Å². The van der Waals surface area contributed by atoms with Crippen molar-refractivity contribution in [3.8, 4) is 0 Å². The van der Waals surface area contributed by atoms with Gasteiger partial charge in [-0.1, -0.05) is 17.7 Å². The van der Waals surface area contributed by atoms with E-state index in [0.29, 0.717) is 53.9 Å². The van der Waals surface area contributed by atoms with Gasteiger partial charge < -0.3 is 9.32 Å². The summed E-state index contributed by atoms with van der Waals surface area (Å²) in [5.74, 6) is 1.18. The molecular weight excluding hydrogens is 513 g/mol. The first kappa shape index (κ1) is 22.8. The Morgan fingerprint density at radius 3 is 2.77 bits per heavy atom. The summed E-state index contributed by atoms with van der Waals surface area (Å²) >= 11 is 7.94. The fourth-order valence-electron chi connectivity index (χ4n) is 4.62. The van der Waals surface area contributed by atoms with Crippen LogP contribution >= 0.6 is 22.9 Å². The monoisotopic (exact) mass is 533 g/mol. The zero-order valence-corrected chi connectivity index (χ0v) is 21.0. The van der Waals surface area contributed by atoms with Gasteiger partial charge in [0.05, 0.1) is 11.4 Å². The third-order valence-electron chi connectivity index (χ3n) is 6.32. The van der Waals surface area contributed by atoms with Gasteiger partial charge in [0, 0.05) is 59.4 Å². The highest BCUT2D eigenvalue weighted by atomic mass is 35.5. The molecule has 1 aromatic carbocycles. The van der Waals surface area contributed by atoms with Crippen LogP contribution in [0, 0.1) is 12.7 Å². The molecular formula is C23H21ClFN5O3S2. The second kappa shape index (κ2) is 8.51. The van der Waals surface area contributed by atoms with E-state index in [0.717, 1.165) is 11.3 Å². The number of rotatable bonds is 6. The minimum atomic E-state index is -3.39. The average molecular weight is 534 g/mol. The number of oxazole rings is 1. The van der Waals surface area contributed by atoms with Crippen LogP contribution in [0.2, 0.25) is 5.02 Å². The number of amidine groups is 1. The number of nitrogens with one attached hydrogen (secondary N) is 1. The van der Waals surface area contributed by atoms with Gasteiger partial charge >= 0.3 is 0 Å². The summed E-state index contributed by atoms with van der Waals surface area (Å²) in [5.41, 5.74) is 2.20. The number of benzene rings is 1. The maximum absolute atomic E-state index is 13.9. The van der Waals surface area contributed by atoms with Gasteiger partial charge in [0.15, 0.2) is 22.5 Å². The molecule has 3 aromatic rings. The maximum atomic E-state index is 13.9. The number of fused-ring (bicyclic) bond motifs is 1. The average Bonchev–Trinajstić information content (AvgIpc) is 3.17. The van der Waals surface area contributed by atoms with E-state index in [1.54, 1.807) is 25.4 Å². The zero-order valence-electron chi connectivity index (χ0n) is 18.6. The SMILES string of the molecule is Cc1ncc(C2=C3CC(NS(=O)(=O)C4CC4)CN3C(c3nccs3)=N[C@H]2c2ccc(F)cc2Cl)o1. The fourth-order valence-corrected chi connectivity index (χ4v) is 7.11. The van der Waals surface area contributed by atoms with E-state index in [2.05, 4.69) is 14.7 Å². The van der Waals surface area contributed by atoms with Crippen LogP contribution in [0.5, 0.6) is 0 Å². The van der Waals surface area contributed by atoms with E-state index in [9.17, 15) is 12.8 Å². The number of thiazole rings is 1. The lowest BCUT2D eigenvalue weighted by atomic mass is 9.93. The standard InChI is InChI=1S/C23H21ClFN5O3S2/c1-12-27-10-19(33-12)20-18-9-14(29-35(31,32)15-3-4-15)11-30(18)22(23-26-6-7-34-23)28-21(20)16-5-2-13(25)8-17(16)24/h2,5-8,10,14-15,21,29H,3-4,9,11H2,1H3/t14?,21-/m0/s1. The Morgan fingerprint density at radius 2 is 2.11 bits per heavy atom. The molecule has 4 heterocycles. The van der Waals surface area contributed by atoms with Gasteiger partial charge in [-0.15, -0.1) is 11.3 Å². The van der Waals surface area contributed by atoms with Crippen molar-refractivity contribution in [2.75, 3.05) is 6.54 Å². The van der Waals surface area contributed by atoms with Crippen LogP contribution in [-0.4, -0.2) is 47.0 Å². The smallest absolute Gasteiger partial charge is 0.214 e. The molecule has 0 amide bonds. The first-order valence-electron chi connectivity index (χ1n) is 11.2. The van der Waals surface area contributed by atoms with Crippen LogP contribution in [-0.2, 0) is 10.0 Å². The number of aromatic nitrogens is 2. The second-order valence-electron chi connectivity index (χ2n) is 8.84. The molecule has 6 rings (SSSR count). The van der Waals surface area contributed by atoms with Crippen molar-refractivity contribution in [1.82, 2.24) is 19.6 Å². The van der Waals surface area contributed by atoms with Gasteiger partial charge in [0.1, 0.15) is 11.9 Å². The van der Waals surface area contributed by atoms with Gasteiger partial charge in [-0.05, 0) is 25.0 Å². The number of hydrogen-bond acceptors (Lipinski definition) is 8. The van der Waals surface area contributed by atoms with E-state index < -0.39 is 21.9 Å². The van der Waals surface area contributed by atoms with Crippen LogP contribution in [0.4, 0.5) is 4.39 Å². The Kier molecular flexibility index (Phi) is 5.55. The van der Waals surface area contributed by atoms with Gasteiger partial charge in [0.25, 0.3) is 0 Å². The maximum Gasteiger partial charge on any atom is 0.214 e. The Bertz CT molecular complexity index is 1460. The normalized spacial score (nSPS) is 22.5. The number of halogens is 2. The van der Waals surface area contributed by atoms with Crippen LogP contribution < -0.4 is 4.72 Å². The van der Waals surface area contributed by atoms with Crippen LogP contribution in [0.1, 0.15) is 47.5 Å². The number of nitrogens with zero attached hydrogens (tertiary/aromatic N) is 4. The van der Waals surface area contributed by atoms with Gasteiger partial charge in [-0.25, -0.2) is 27.5 Å². The van der Waals surface area contributed by atoms with Crippen molar-refractivity contribution in [3.05, 3.63) is 74.7 Å². The molecule has 1 saturated heterocycles. The Labute approximate surface area is 210 Å². The fraction of sp³-hybridized carbons (Fsp3) is 0.348. The molecule has 1 aliphatic carbocycles. The molecule has 8 nitrogen and oxygen atoms in total. The van der Waals surface area contributed by atoms with E-state index >= 15 is 0 Å². The molecule has 35 heavy (non-hydrogen) atoms. The van der Waals surface area contributed by atoms with Gasteiger partial charge in [-0.2, -0.15) is 0 Å². The minimum absolute atomic E-state index is 0.240. The zero-order chi connectivity index (χ0) is 24.3. The third kappa shape index (κ3) is 4.20. The number of aryl methyl sites for hydroxylation is 1. The van der Waals surface area contributed by atoms with Gasteiger partial charge in [0.2, 0.25) is 10.0 Å². The predicted octanol–water partition coefficient (Wildman–Crippen LogP) is 4.30. The van der Waals surface area contributed by atoms with Crippen molar-refractivity contribution in [1.29, 1.82) is 0 Å². The number of hydrogen-bond donors (Lipinski definition) is 1. The van der Waals surface area contributed by atoms with E-state index in [1.165, 1.54) is 23.5 Å². The molecule has 0 radical (unpaired) electrons. The summed E-state index contributed by atoms with van der Waals surface area (Å²) in [7, 11) is -3.39. The molecule has 3 aliphatic rings. The van der Waals surface area contributed by atoms with Gasteiger partial charge in [-0.3, -0.25) is 4.99 Å². The molecule has 12 heteroatoms. The number of sulfonamides is 1. The Hall–Kier alpha value is -2.60. The molecule has 182 valence electrons. The molecule has 0 spiro atoms. The van der Waals surface area contributed by atoms with Crippen LogP contribution in [0.3, 0.4) is 0 Å². The Balaban J connectivity index is 1.51. The molecule has 1 unspecified atom stereocenters. The summed E-state index contributed by atoms with van der Waals surface area (Å²) in [6.45, 7) is 2.15. The molecule has 1 saturated carbocycles. The summed E-state index contributed by atoms with van der Waals surface area (Å²) in [4.78, 5) is 15.8. The Morgan fingerprint density at radius 1 is 1.29 bits per heavy atom. The lowest BCUT2D eigenvalue weighted by Gasteiger charge is -2.32. The van der Waals surface area contributed by atoms with E-state index in [-0.39, 0.29) is 16.3 Å². The highest BCUT2D eigenvalue weighted by molar-refractivity contribution is 7.90. The largest absolute Gasteiger partial charge is 0.441 e. The highest BCUT2D eigenvalue weighted by Gasteiger charge is 2.44. The molecule has 2 aliphatic heterocycles. The quantitative estimate of drug-likeness (QED) is 0.507. The van der Waals surface area contributed by atoms with Crippen molar-refractivity contribution in [2.45, 2.75) is 43.5 Å². The topological polar surface area (TPSA) is 101 Å².